The second-order valence-electron chi connectivity index (χ2n) is 7.05. The first kappa shape index (κ1) is 20.4. The molecule has 1 N–H and O–H groups in total. The third kappa shape index (κ3) is 5.15. The zero-order valence-corrected chi connectivity index (χ0v) is 15.5. The van der Waals surface area contributed by atoms with Gasteiger partial charge in [-0.25, -0.2) is 4.79 Å². The van der Waals surface area contributed by atoms with Gasteiger partial charge >= 0.3 is 12.2 Å². The molecule has 0 aromatic heterocycles. The summed E-state index contributed by atoms with van der Waals surface area (Å²) in [6.07, 6.45) is -3.14. The van der Waals surface area contributed by atoms with Crippen LogP contribution in [0.4, 0.5) is 18.0 Å². The largest absolute Gasteiger partial charge is 0.416 e. The molecule has 1 aromatic rings. The van der Waals surface area contributed by atoms with E-state index in [2.05, 4.69) is 5.32 Å². The standard InChI is InChI=1S/C19H24F3N3O3/c20-19(21,22)16-3-1-14(2-4-16)13-23-18(27)25-7-5-15(6-8-25)17(26)24-9-11-28-12-10-24/h1-4,15H,5-13H2,(H,23,27). The first-order chi connectivity index (χ1) is 13.3. The molecule has 0 atom stereocenters. The number of alkyl halides is 3. The Morgan fingerprint density at radius 1 is 1.00 bits per heavy atom. The van der Waals surface area contributed by atoms with Gasteiger partial charge in [0.2, 0.25) is 5.91 Å². The number of carbonyl (C=O) groups is 2. The Morgan fingerprint density at radius 2 is 1.61 bits per heavy atom. The minimum atomic E-state index is -4.37. The monoisotopic (exact) mass is 399 g/mol. The lowest BCUT2D eigenvalue weighted by Crippen LogP contribution is -2.49. The number of hydrogen-bond acceptors (Lipinski definition) is 3. The van der Waals surface area contributed by atoms with E-state index in [4.69, 9.17) is 4.74 Å². The van der Waals surface area contributed by atoms with E-state index < -0.39 is 11.7 Å². The van der Waals surface area contributed by atoms with Crippen molar-refractivity contribution in [3.8, 4) is 0 Å². The van der Waals surface area contributed by atoms with Gasteiger partial charge in [-0.3, -0.25) is 4.79 Å². The van der Waals surface area contributed by atoms with Crippen molar-refractivity contribution in [1.29, 1.82) is 0 Å². The van der Waals surface area contributed by atoms with E-state index in [0.29, 0.717) is 57.8 Å². The normalized spacial score (nSPS) is 18.8. The highest BCUT2D eigenvalue weighted by Gasteiger charge is 2.31. The molecule has 2 aliphatic heterocycles. The highest BCUT2D eigenvalue weighted by molar-refractivity contribution is 5.80. The van der Waals surface area contributed by atoms with Gasteiger partial charge in [0.25, 0.3) is 0 Å². The Hall–Kier alpha value is -2.29. The van der Waals surface area contributed by atoms with Crippen LogP contribution >= 0.6 is 0 Å². The SMILES string of the molecule is O=C(NCc1ccc(C(F)(F)F)cc1)N1CCC(C(=O)N2CCOCC2)CC1. The zero-order valence-electron chi connectivity index (χ0n) is 15.5. The summed E-state index contributed by atoms with van der Waals surface area (Å²) in [4.78, 5) is 28.3. The molecule has 154 valence electrons. The number of hydrogen-bond donors (Lipinski definition) is 1. The molecule has 9 heteroatoms. The van der Waals surface area contributed by atoms with Crippen LogP contribution in [0.3, 0.4) is 0 Å². The van der Waals surface area contributed by atoms with E-state index in [9.17, 15) is 22.8 Å². The van der Waals surface area contributed by atoms with Gasteiger partial charge < -0.3 is 19.9 Å². The first-order valence-electron chi connectivity index (χ1n) is 9.40. The van der Waals surface area contributed by atoms with Gasteiger partial charge in [0.1, 0.15) is 0 Å². The first-order valence-corrected chi connectivity index (χ1v) is 9.40. The number of amides is 3. The van der Waals surface area contributed by atoms with Crippen molar-refractivity contribution >= 4 is 11.9 Å². The number of likely N-dealkylation sites (tertiary alicyclic amines) is 1. The number of benzene rings is 1. The van der Waals surface area contributed by atoms with Gasteiger partial charge in [0, 0.05) is 38.6 Å². The number of piperidine rings is 1. The average molecular weight is 399 g/mol. The smallest absolute Gasteiger partial charge is 0.378 e. The molecule has 6 nitrogen and oxygen atoms in total. The van der Waals surface area contributed by atoms with Gasteiger partial charge in [-0.05, 0) is 30.5 Å². The number of nitrogens with one attached hydrogen (secondary N) is 1. The summed E-state index contributed by atoms with van der Waals surface area (Å²) in [7, 11) is 0. The lowest BCUT2D eigenvalue weighted by atomic mass is 9.95. The molecule has 2 aliphatic rings. The molecule has 0 unspecified atom stereocenters. The summed E-state index contributed by atoms with van der Waals surface area (Å²) in [6, 6.07) is 4.46. The molecule has 1 aromatic carbocycles. The number of morpholine rings is 1. The van der Waals surface area contributed by atoms with Gasteiger partial charge in [0.15, 0.2) is 0 Å². The number of rotatable bonds is 3. The molecule has 0 radical (unpaired) electrons. The molecule has 3 amide bonds. The van der Waals surface area contributed by atoms with Crippen molar-refractivity contribution in [3.05, 3.63) is 35.4 Å². The van der Waals surface area contributed by atoms with Crippen LogP contribution in [0.5, 0.6) is 0 Å². The topological polar surface area (TPSA) is 61.9 Å². The highest BCUT2D eigenvalue weighted by atomic mass is 19.4. The number of carbonyl (C=O) groups excluding carboxylic acids is 2. The molecule has 28 heavy (non-hydrogen) atoms. The summed E-state index contributed by atoms with van der Waals surface area (Å²) < 4.78 is 43.0. The van der Waals surface area contributed by atoms with Crippen LogP contribution in [0.1, 0.15) is 24.0 Å². The number of urea groups is 1. The van der Waals surface area contributed by atoms with E-state index in [1.54, 1.807) is 4.90 Å². The minimum absolute atomic E-state index is 0.0722. The fourth-order valence-electron chi connectivity index (χ4n) is 3.47. The Bertz CT molecular complexity index is 680. The van der Waals surface area contributed by atoms with Crippen molar-refractivity contribution in [1.82, 2.24) is 15.1 Å². The van der Waals surface area contributed by atoms with Crippen LogP contribution < -0.4 is 5.32 Å². The summed E-state index contributed by atoms with van der Waals surface area (Å²) in [5.74, 6) is 0.0603. The van der Waals surface area contributed by atoms with Crippen LogP contribution in [0, 0.1) is 5.92 Å². The summed E-state index contributed by atoms with van der Waals surface area (Å²) in [5, 5.41) is 2.73. The molecule has 2 heterocycles. The number of halogens is 3. The Labute approximate surface area is 161 Å². The number of ether oxygens (including phenoxy) is 1. The van der Waals surface area contributed by atoms with Crippen molar-refractivity contribution < 1.29 is 27.5 Å². The fourth-order valence-corrected chi connectivity index (χ4v) is 3.47. The maximum Gasteiger partial charge on any atom is 0.416 e. The van der Waals surface area contributed by atoms with Crippen LogP contribution in [0.15, 0.2) is 24.3 Å². The predicted octanol–water partition coefficient (Wildman–Crippen LogP) is 2.49. The van der Waals surface area contributed by atoms with Crippen LogP contribution in [-0.4, -0.2) is 61.1 Å². The van der Waals surface area contributed by atoms with Crippen LogP contribution in [-0.2, 0) is 22.3 Å². The molecule has 0 aliphatic carbocycles. The summed E-state index contributed by atoms with van der Waals surface area (Å²) in [6.45, 7) is 3.50. The lowest BCUT2D eigenvalue weighted by Gasteiger charge is -2.35. The maximum atomic E-state index is 12.6. The molecule has 2 saturated heterocycles. The molecular weight excluding hydrogens is 375 g/mol. The number of nitrogens with zero attached hydrogens (tertiary/aromatic N) is 2. The Balaban J connectivity index is 1.43. The second-order valence-corrected chi connectivity index (χ2v) is 7.05. The van der Waals surface area contributed by atoms with E-state index in [0.717, 1.165) is 12.1 Å². The lowest BCUT2D eigenvalue weighted by molar-refractivity contribution is -0.141. The van der Waals surface area contributed by atoms with E-state index in [-0.39, 0.29) is 24.4 Å². The highest BCUT2D eigenvalue weighted by Crippen LogP contribution is 2.29. The van der Waals surface area contributed by atoms with Crippen molar-refractivity contribution in [2.24, 2.45) is 5.92 Å². The second kappa shape index (κ2) is 8.81. The van der Waals surface area contributed by atoms with Crippen molar-refractivity contribution in [2.75, 3.05) is 39.4 Å². The molecular formula is C19H24F3N3O3. The van der Waals surface area contributed by atoms with Crippen molar-refractivity contribution in [3.63, 3.8) is 0 Å². The quantitative estimate of drug-likeness (QED) is 0.850. The van der Waals surface area contributed by atoms with Gasteiger partial charge in [-0.2, -0.15) is 13.2 Å². The van der Waals surface area contributed by atoms with Gasteiger partial charge in [0.05, 0.1) is 18.8 Å². The van der Waals surface area contributed by atoms with E-state index in [1.807, 2.05) is 4.90 Å². The minimum Gasteiger partial charge on any atom is -0.378 e. The molecule has 0 bridgehead atoms. The van der Waals surface area contributed by atoms with Gasteiger partial charge in [-0.1, -0.05) is 12.1 Å². The summed E-state index contributed by atoms with van der Waals surface area (Å²) in [5.41, 5.74) is -0.117. The Morgan fingerprint density at radius 3 is 2.18 bits per heavy atom. The average Bonchev–Trinajstić information content (AvgIpc) is 2.72. The van der Waals surface area contributed by atoms with Crippen LogP contribution in [0.2, 0.25) is 0 Å². The fraction of sp³-hybridized carbons (Fsp3) is 0.579. The molecule has 0 spiro atoms. The third-order valence-electron chi connectivity index (χ3n) is 5.18. The molecule has 0 saturated carbocycles. The van der Waals surface area contributed by atoms with Gasteiger partial charge in [-0.15, -0.1) is 0 Å². The van der Waals surface area contributed by atoms with Crippen LogP contribution in [0.25, 0.3) is 0 Å². The van der Waals surface area contributed by atoms with Crippen molar-refractivity contribution in [2.45, 2.75) is 25.6 Å². The molecule has 3 rings (SSSR count). The Kier molecular flexibility index (Phi) is 6.43. The predicted molar refractivity (Wildman–Crippen MR) is 95.4 cm³/mol. The zero-order chi connectivity index (χ0) is 20.1. The third-order valence-corrected chi connectivity index (χ3v) is 5.18. The summed E-state index contributed by atoms with van der Waals surface area (Å²) >= 11 is 0. The maximum absolute atomic E-state index is 12.6. The van der Waals surface area contributed by atoms with E-state index in [1.165, 1.54) is 12.1 Å². The molecule has 2 fully saturated rings. The van der Waals surface area contributed by atoms with E-state index >= 15 is 0 Å².